The highest BCUT2D eigenvalue weighted by Gasteiger charge is 2.41. The summed E-state index contributed by atoms with van der Waals surface area (Å²) in [5.74, 6) is -13.7. The molecule has 2 bridgehead atoms. The number of fused-ring (bicyclic) bond motifs is 11. The molecule has 3 saturated heterocycles. The lowest BCUT2D eigenvalue weighted by molar-refractivity contribution is -0.142. The van der Waals surface area contributed by atoms with Gasteiger partial charge in [0.15, 0.2) is 5.96 Å². The van der Waals surface area contributed by atoms with Gasteiger partial charge < -0.3 is 85.9 Å². The molecule has 3 aliphatic heterocycles. The second-order valence-electron chi connectivity index (χ2n) is 25.2. The van der Waals surface area contributed by atoms with Crippen molar-refractivity contribution in [3.05, 3.63) is 113 Å². The molecular weight excluding hydrogens is 1320 g/mol. The zero-order chi connectivity index (χ0) is 72.6. The average molecular weight is 1400 g/mol. The highest BCUT2D eigenvalue weighted by Crippen LogP contribution is 2.22. The van der Waals surface area contributed by atoms with Crippen LogP contribution in [0.5, 0.6) is 0 Å². The third kappa shape index (κ3) is 23.7. The molecule has 14 amide bonds. The minimum absolute atomic E-state index is 0.0157. The van der Waals surface area contributed by atoms with Crippen LogP contribution in [0.2, 0.25) is 5.02 Å². The van der Waals surface area contributed by atoms with E-state index in [2.05, 4.69) is 73.8 Å². The Balaban J connectivity index is 1.28. The molecule has 33 heteroatoms. The van der Waals surface area contributed by atoms with E-state index in [1.165, 1.54) is 24.2 Å². The van der Waals surface area contributed by atoms with Crippen LogP contribution in [0, 0.1) is 5.92 Å². The van der Waals surface area contributed by atoms with Gasteiger partial charge in [-0.1, -0.05) is 86.1 Å². The van der Waals surface area contributed by atoms with Crippen LogP contribution in [-0.4, -0.2) is 192 Å². The average Bonchev–Trinajstić information content (AvgIpc) is 1.44. The number of carbonyl (C=O) groups excluding carboxylic acids is 14. The number of hydrogen-bond donors (Lipinski definition) is 15. The van der Waals surface area contributed by atoms with E-state index >= 15 is 14.4 Å². The van der Waals surface area contributed by atoms with Crippen molar-refractivity contribution in [1.82, 2.24) is 73.7 Å². The fraction of sp³-hybridized carbons (Fsp3) is 0.463. The van der Waals surface area contributed by atoms with Crippen molar-refractivity contribution >= 4 is 111 Å². The van der Waals surface area contributed by atoms with Crippen LogP contribution in [0.15, 0.2) is 96.2 Å². The fourth-order valence-electron chi connectivity index (χ4n) is 11.6. The molecule has 536 valence electrons. The standard InChI is InChI=1S/C67H87ClN18O14/c1-36(2)27-47-60(94)80-46-22-25-73-56(90)35-76-54(88)21-20-45(59(93)78-44(58(92)81-47)12-7-24-74-67(70)71)79-64(98)51(32-55(89)75-34-52(57(69)91)85-65(99)53-13-8-26-86(53)66(46)100)84-63(97)50(31-40-9-6-23-72-33-40)83-62(96)49(29-38-15-18-43(68)19-16-38)82-61(95)48(77-37(3)87)30-39-14-17-41-10-4-5-11-42(41)28-39/h4-6,9-11,14-19,23,28,33,36,44-53H,7-8,12-13,20-22,24-27,29-32,34-35H2,1-3H3,(H2,69,91)(H,73,90)(H,75,89)(H,76,88)(H,77,87)(H,78,93)(H,79,98)(H,80,94)(H,81,92)(H,82,95)(H,83,96)(H,84,97)(H,85,99)(H4,70,71,74)/t44-,45+,46+,47+,48-,49-,50-,51+,52+,53+/m1/s1. The smallest absolute Gasteiger partial charge is 0.245 e. The first-order valence-electron chi connectivity index (χ1n) is 33.0. The summed E-state index contributed by atoms with van der Waals surface area (Å²) in [4.78, 5) is 209. The highest BCUT2D eigenvalue weighted by atomic mass is 35.5. The summed E-state index contributed by atoms with van der Waals surface area (Å²) in [6.45, 7) is 3.03. The Labute approximate surface area is 581 Å². The van der Waals surface area contributed by atoms with Crippen molar-refractivity contribution in [1.29, 1.82) is 0 Å². The Morgan fingerprint density at radius 1 is 0.640 bits per heavy atom. The van der Waals surface area contributed by atoms with E-state index in [4.69, 9.17) is 28.8 Å². The molecule has 4 aromatic rings. The van der Waals surface area contributed by atoms with Gasteiger partial charge in [-0.2, -0.15) is 0 Å². The summed E-state index contributed by atoms with van der Waals surface area (Å²) in [6.07, 6.45) is -0.0973. The molecule has 4 heterocycles. The third-order valence-electron chi connectivity index (χ3n) is 16.8. The molecule has 100 heavy (non-hydrogen) atoms. The molecule has 0 unspecified atom stereocenters. The van der Waals surface area contributed by atoms with Gasteiger partial charge in [0.1, 0.15) is 60.4 Å². The maximum atomic E-state index is 15.2. The molecule has 32 nitrogen and oxygen atoms in total. The lowest BCUT2D eigenvalue weighted by Gasteiger charge is -2.31. The molecular formula is C67H87ClN18O14. The van der Waals surface area contributed by atoms with Crippen LogP contribution in [0.25, 0.3) is 10.8 Å². The van der Waals surface area contributed by atoms with E-state index < -0.39 is 175 Å². The Morgan fingerprint density at radius 3 is 1.97 bits per heavy atom. The Morgan fingerprint density at radius 2 is 1.29 bits per heavy atom. The molecule has 0 saturated carbocycles. The van der Waals surface area contributed by atoms with Crippen molar-refractivity contribution in [2.75, 3.05) is 32.7 Å². The zero-order valence-electron chi connectivity index (χ0n) is 55.7. The lowest BCUT2D eigenvalue weighted by atomic mass is 9.99. The van der Waals surface area contributed by atoms with Crippen molar-refractivity contribution in [3.63, 3.8) is 0 Å². The van der Waals surface area contributed by atoms with Gasteiger partial charge in [0.25, 0.3) is 0 Å². The zero-order valence-corrected chi connectivity index (χ0v) is 56.5. The second kappa shape index (κ2) is 37.2. The number of hydrogen-bond acceptors (Lipinski definition) is 16. The Bertz CT molecular complexity index is 3690. The van der Waals surface area contributed by atoms with Crippen LogP contribution in [0.4, 0.5) is 0 Å². The van der Waals surface area contributed by atoms with Gasteiger partial charge in [-0.3, -0.25) is 77.1 Å². The van der Waals surface area contributed by atoms with E-state index in [-0.39, 0.29) is 89.3 Å². The van der Waals surface area contributed by atoms with Crippen LogP contribution < -0.4 is 81.0 Å². The molecule has 3 aliphatic rings. The van der Waals surface area contributed by atoms with Crippen LogP contribution in [0.3, 0.4) is 0 Å². The predicted molar refractivity (Wildman–Crippen MR) is 365 cm³/mol. The number of pyridine rings is 1. The first-order chi connectivity index (χ1) is 47.7. The molecule has 0 spiro atoms. The lowest BCUT2D eigenvalue weighted by Crippen LogP contribution is -2.61. The number of nitrogens with zero attached hydrogens (tertiary/aromatic N) is 3. The van der Waals surface area contributed by atoms with Crippen LogP contribution in [-0.2, 0) is 86.4 Å². The van der Waals surface area contributed by atoms with E-state index in [9.17, 15) is 52.7 Å². The maximum absolute atomic E-state index is 15.2. The SMILES string of the molecule is CC(=O)N[C@H](Cc1ccc2ccccc2c1)C(=O)N[C@H](Cc1ccc(Cl)cc1)C(=O)N[C@H](Cc1cccnc1)C(=O)N[C@H]1CC(=O)NC[C@@H](C(N)=O)NC(=O)[C@@H]2CCCN2C(=O)[C@@H]2CCNC(=O)CNC(=O)CC[C@H](NC1=O)C(=O)N[C@H](CCCN=C(N)N)C(=O)N[C@@H](CC(C)C)C(=O)N2. The van der Waals surface area contributed by atoms with Crippen molar-refractivity contribution in [2.24, 2.45) is 28.1 Å². The van der Waals surface area contributed by atoms with E-state index in [0.717, 1.165) is 10.8 Å². The second-order valence-corrected chi connectivity index (χ2v) is 25.6. The number of benzene rings is 3. The normalized spacial score (nSPS) is 21.9. The maximum Gasteiger partial charge on any atom is 0.245 e. The summed E-state index contributed by atoms with van der Waals surface area (Å²) in [5, 5.41) is 33.2. The van der Waals surface area contributed by atoms with E-state index in [1.807, 2.05) is 36.4 Å². The quantitative estimate of drug-likeness (QED) is 0.0179. The van der Waals surface area contributed by atoms with Gasteiger partial charge in [0.05, 0.1) is 13.0 Å². The molecule has 10 atom stereocenters. The number of nitrogens with one attached hydrogen (secondary N) is 12. The molecule has 3 fully saturated rings. The van der Waals surface area contributed by atoms with Gasteiger partial charge in [-0.25, -0.2) is 0 Å². The molecule has 0 radical (unpaired) electrons. The number of aliphatic imine (C=N–C) groups is 1. The van der Waals surface area contributed by atoms with E-state index in [1.54, 1.807) is 56.3 Å². The number of aromatic nitrogens is 1. The van der Waals surface area contributed by atoms with Crippen molar-refractivity contribution in [2.45, 2.75) is 158 Å². The van der Waals surface area contributed by atoms with Crippen LogP contribution in [0.1, 0.15) is 95.2 Å². The number of guanidine groups is 1. The van der Waals surface area contributed by atoms with Gasteiger partial charge in [-0.15, -0.1) is 0 Å². The number of primary amides is 1. The molecule has 3 aromatic carbocycles. The van der Waals surface area contributed by atoms with Gasteiger partial charge in [0.2, 0.25) is 82.7 Å². The van der Waals surface area contributed by atoms with Crippen LogP contribution >= 0.6 is 11.6 Å². The summed E-state index contributed by atoms with van der Waals surface area (Å²) >= 11 is 6.25. The molecule has 0 aliphatic carbocycles. The highest BCUT2D eigenvalue weighted by molar-refractivity contribution is 6.30. The van der Waals surface area contributed by atoms with Crippen molar-refractivity contribution < 1.29 is 67.1 Å². The molecule has 18 N–H and O–H groups in total. The number of halogens is 1. The topological polar surface area (TPSA) is 490 Å². The van der Waals surface area contributed by atoms with Crippen molar-refractivity contribution in [3.8, 4) is 0 Å². The predicted octanol–water partition coefficient (Wildman–Crippen LogP) is -3.19. The molecule has 7 rings (SSSR count). The Hall–Kier alpha value is -10.8. The minimum atomic E-state index is -2.06. The summed E-state index contributed by atoms with van der Waals surface area (Å²) in [7, 11) is 0. The first kappa shape index (κ1) is 76.6. The third-order valence-corrected chi connectivity index (χ3v) is 17.0. The largest absolute Gasteiger partial charge is 0.370 e. The van der Waals surface area contributed by atoms with Gasteiger partial charge in [0, 0.05) is 76.2 Å². The van der Waals surface area contributed by atoms with Gasteiger partial charge >= 0.3 is 0 Å². The summed E-state index contributed by atoms with van der Waals surface area (Å²) in [5.41, 5.74) is 18.5. The van der Waals surface area contributed by atoms with E-state index in [0.29, 0.717) is 21.7 Å². The molecule has 1 aromatic heterocycles. The fourth-order valence-corrected chi connectivity index (χ4v) is 11.8. The number of carbonyl (C=O) groups is 14. The number of amides is 14. The first-order valence-corrected chi connectivity index (χ1v) is 33.3. The summed E-state index contributed by atoms with van der Waals surface area (Å²) < 4.78 is 0. The summed E-state index contributed by atoms with van der Waals surface area (Å²) in [6, 6.07) is 6.81. The minimum Gasteiger partial charge on any atom is -0.370 e. The Kier molecular flexibility index (Phi) is 28.5. The number of nitrogens with two attached hydrogens (primary N) is 3. The number of rotatable bonds is 20. The monoisotopic (exact) mass is 1400 g/mol. The van der Waals surface area contributed by atoms with Gasteiger partial charge in [-0.05, 0) is 96.5 Å².